The first-order valence-electron chi connectivity index (χ1n) is 9.10. The van der Waals surface area contributed by atoms with Crippen LogP contribution in [0.15, 0.2) is 83.0 Å². The normalized spacial score (nSPS) is 18.2. The first-order valence-corrected chi connectivity index (χ1v) is 9.10. The second-order valence-corrected chi connectivity index (χ2v) is 6.66. The van der Waals surface area contributed by atoms with E-state index in [0.29, 0.717) is 17.1 Å². The lowest BCUT2D eigenvalue weighted by molar-refractivity contribution is -0.140. The van der Waals surface area contributed by atoms with Crippen LogP contribution >= 0.6 is 0 Å². The molecule has 1 saturated heterocycles. The topological polar surface area (TPSA) is 80.0 Å². The van der Waals surface area contributed by atoms with Crippen molar-refractivity contribution in [3.63, 3.8) is 0 Å². The number of rotatable bonds is 5. The van der Waals surface area contributed by atoms with Crippen LogP contribution in [-0.2, 0) is 16.1 Å². The Morgan fingerprint density at radius 1 is 1.03 bits per heavy atom. The van der Waals surface area contributed by atoms with Gasteiger partial charge in [-0.05, 0) is 42.0 Å². The van der Waals surface area contributed by atoms with Crippen LogP contribution in [0.5, 0.6) is 5.75 Å². The van der Waals surface area contributed by atoms with Gasteiger partial charge in [0, 0.05) is 12.1 Å². The molecule has 1 amide bonds. The van der Waals surface area contributed by atoms with E-state index in [4.69, 9.17) is 9.15 Å². The molecule has 29 heavy (non-hydrogen) atoms. The molecular weight excluding hydrogens is 370 g/mol. The highest BCUT2D eigenvalue weighted by Gasteiger charge is 2.47. The van der Waals surface area contributed by atoms with Gasteiger partial charge in [0.05, 0.1) is 18.9 Å². The average Bonchev–Trinajstić information content (AvgIpc) is 3.37. The zero-order chi connectivity index (χ0) is 20.4. The number of likely N-dealkylation sites (tertiary alicyclic amines) is 1. The Morgan fingerprint density at radius 3 is 2.38 bits per heavy atom. The number of furan rings is 1. The number of aliphatic hydroxyl groups excluding tert-OH is 1. The summed E-state index contributed by atoms with van der Waals surface area (Å²) >= 11 is 0. The molecule has 0 aliphatic carbocycles. The number of benzene rings is 2. The van der Waals surface area contributed by atoms with Crippen LogP contribution in [0.1, 0.15) is 22.9 Å². The summed E-state index contributed by atoms with van der Waals surface area (Å²) in [5.41, 5.74) is 1.29. The van der Waals surface area contributed by atoms with E-state index >= 15 is 0 Å². The van der Waals surface area contributed by atoms with E-state index in [1.54, 1.807) is 43.5 Å². The van der Waals surface area contributed by atoms with E-state index in [9.17, 15) is 14.7 Å². The zero-order valence-electron chi connectivity index (χ0n) is 15.7. The van der Waals surface area contributed by atoms with Crippen molar-refractivity contribution in [2.24, 2.45) is 0 Å². The highest BCUT2D eigenvalue weighted by molar-refractivity contribution is 6.46. The van der Waals surface area contributed by atoms with Gasteiger partial charge in [0.1, 0.15) is 23.3 Å². The van der Waals surface area contributed by atoms with Gasteiger partial charge in [0.25, 0.3) is 11.7 Å². The minimum Gasteiger partial charge on any atom is -0.507 e. The molecule has 6 nitrogen and oxygen atoms in total. The lowest BCUT2D eigenvalue weighted by Gasteiger charge is -2.23. The number of methoxy groups -OCH3 is 1. The van der Waals surface area contributed by atoms with Crippen LogP contribution in [0.25, 0.3) is 5.76 Å². The van der Waals surface area contributed by atoms with Crippen LogP contribution in [0.4, 0.5) is 0 Å². The third kappa shape index (κ3) is 3.40. The molecule has 2 heterocycles. The summed E-state index contributed by atoms with van der Waals surface area (Å²) in [6, 6.07) is 18.6. The number of ether oxygens (including phenoxy) is 1. The van der Waals surface area contributed by atoms with E-state index in [2.05, 4.69) is 0 Å². The van der Waals surface area contributed by atoms with Crippen molar-refractivity contribution in [2.75, 3.05) is 7.11 Å². The summed E-state index contributed by atoms with van der Waals surface area (Å²) in [7, 11) is 1.54. The third-order valence-corrected chi connectivity index (χ3v) is 4.91. The van der Waals surface area contributed by atoms with Crippen molar-refractivity contribution in [3.05, 3.63) is 95.5 Å². The summed E-state index contributed by atoms with van der Waals surface area (Å²) in [6.07, 6.45) is 1.48. The molecule has 1 aromatic heterocycles. The lowest BCUT2D eigenvalue weighted by atomic mass is 9.99. The molecule has 1 fully saturated rings. The maximum atomic E-state index is 12.9. The van der Waals surface area contributed by atoms with Crippen molar-refractivity contribution >= 4 is 17.4 Å². The monoisotopic (exact) mass is 389 g/mol. The van der Waals surface area contributed by atoms with Gasteiger partial charge in [-0.1, -0.05) is 30.3 Å². The number of carbonyl (C=O) groups excluding carboxylic acids is 2. The van der Waals surface area contributed by atoms with Gasteiger partial charge in [-0.2, -0.15) is 0 Å². The van der Waals surface area contributed by atoms with Crippen molar-refractivity contribution < 1.29 is 23.8 Å². The SMILES string of the molecule is COc1ccc(/C(O)=C2\C(=O)C(=O)N(Cc3ccccc3)C2c2ccco2)cc1. The molecule has 1 aliphatic rings. The molecule has 1 N–H and O–H groups in total. The van der Waals surface area contributed by atoms with Crippen molar-refractivity contribution in [1.82, 2.24) is 4.90 Å². The van der Waals surface area contributed by atoms with Crippen LogP contribution in [0.3, 0.4) is 0 Å². The van der Waals surface area contributed by atoms with Gasteiger partial charge in [-0.3, -0.25) is 9.59 Å². The highest BCUT2D eigenvalue weighted by atomic mass is 16.5. The second kappa shape index (κ2) is 7.67. The summed E-state index contributed by atoms with van der Waals surface area (Å²) in [4.78, 5) is 27.1. The summed E-state index contributed by atoms with van der Waals surface area (Å²) in [5, 5.41) is 10.9. The molecule has 1 unspecified atom stereocenters. The Bertz CT molecular complexity index is 1050. The Kier molecular flexibility index (Phi) is 4.91. The van der Waals surface area contributed by atoms with Crippen molar-refractivity contribution in [3.8, 4) is 5.75 Å². The molecule has 3 aromatic rings. The molecule has 2 aromatic carbocycles. The average molecular weight is 389 g/mol. The van der Waals surface area contributed by atoms with E-state index in [1.807, 2.05) is 30.3 Å². The number of aliphatic hydroxyl groups is 1. The molecule has 146 valence electrons. The van der Waals surface area contributed by atoms with E-state index < -0.39 is 17.7 Å². The number of hydrogen-bond donors (Lipinski definition) is 1. The molecule has 4 rings (SSSR count). The first kappa shape index (κ1) is 18.6. The molecule has 1 aliphatic heterocycles. The van der Waals surface area contributed by atoms with E-state index in [1.165, 1.54) is 11.2 Å². The standard InChI is InChI=1S/C23H19NO5/c1-28-17-11-9-16(10-12-17)21(25)19-20(18-8-5-13-29-18)24(23(27)22(19)26)14-15-6-3-2-4-7-15/h2-13,20,25H,14H2,1H3/b21-19+. The number of nitrogens with zero attached hydrogens (tertiary/aromatic N) is 1. The molecular formula is C23H19NO5. The van der Waals surface area contributed by atoms with Crippen LogP contribution in [0, 0.1) is 0 Å². The molecule has 6 heteroatoms. The maximum Gasteiger partial charge on any atom is 0.296 e. The fourth-order valence-corrected chi connectivity index (χ4v) is 3.47. The maximum absolute atomic E-state index is 12.9. The van der Waals surface area contributed by atoms with Gasteiger partial charge in [-0.15, -0.1) is 0 Å². The Balaban J connectivity index is 1.81. The smallest absolute Gasteiger partial charge is 0.296 e. The van der Waals surface area contributed by atoms with Gasteiger partial charge >= 0.3 is 0 Å². The quantitative estimate of drug-likeness (QED) is 0.407. The van der Waals surface area contributed by atoms with Gasteiger partial charge in [-0.25, -0.2) is 0 Å². The molecule has 0 spiro atoms. The van der Waals surface area contributed by atoms with E-state index in [-0.39, 0.29) is 17.9 Å². The number of hydrogen-bond acceptors (Lipinski definition) is 5. The third-order valence-electron chi connectivity index (χ3n) is 4.91. The number of ketones is 1. The van der Waals surface area contributed by atoms with E-state index in [0.717, 1.165) is 5.56 Å². The fraction of sp³-hybridized carbons (Fsp3) is 0.130. The Hall–Kier alpha value is -3.80. The van der Waals surface area contributed by atoms with Crippen molar-refractivity contribution in [2.45, 2.75) is 12.6 Å². The summed E-state index contributed by atoms with van der Waals surface area (Å²) in [5.74, 6) is -0.632. The van der Waals surface area contributed by atoms with Crippen LogP contribution in [-0.4, -0.2) is 28.8 Å². The van der Waals surface area contributed by atoms with Gasteiger partial charge in [0.2, 0.25) is 0 Å². The first-order chi connectivity index (χ1) is 14.1. The summed E-state index contributed by atoms with van der Waals surface area (Å²) < 4.78 is 10.7. The lowest BCUT2D eigenvalue weighted by Crippen LogP contribution is -2.29. The Labute approximate surface area is 167 Å². The van der Waals surface area contributed by atoms with Crippen molar-refractivity contribution in [1.29, 1.82) is 0 Å². The fourth-order valence-electron chi connectivity index (χ4n) is 3.47. The minimum absolute atomic E-state index is 0.00560. The molecule has 0 radical (unpaired) electrons. The molecule has 0 saturated carbocycles. The summed E-state index contributed by atoms with van der Waals surface area (Å²) in [6.45, 7) is 0.218. The van der Waals surface area contributed by atoms with Crippen LogP contribution < -0.4 is 4.74 Å². The minimum atomic E-state index is -0.813. The van der Waals surface area contributed by atoms with Gasteiger partial charge < -0.3 is 19.2 Å². The highest BCUT2D eigenvalue weighted by Crippen LogP contribution is 2.40. The van der Waals surface area contributed by atoms with Gasteiger partial charge in [0.15, 0.2) is 0 Å². The Morgan fingerprint density at radius 2 is 1.76 bits per heavy atom. The number of carbonyl (C=O) groups is 2. The molecule has 0 bridgehead atoms. The number of Topliss-reactive ketones (excluding diaryl/α,β-unsaturated/α-hetero) is 1. The predicted octanol–water partition coefficient (Wildman–Crippen LogP) is 3.91. The largest absolute Gasteiger partial charge is 0.507 e. The van der Waals surface area contributed by atoms with Crippen LogP contribution in [0.2, 0.25) is 0 Å². The number of amides is 1. The molecule has 1 atom stereocenters. The zero-order valence-corrected chi connectivity index (χ0v) is 15.7. The second-order valence-electron chi connectivity index (χ2n) is 6.66. The predicted molar refractivity (Wildman–Crippen MR) is 106 cm³/mol.